The van der Waals surface area contributed by atoms with Crippen LogP contribution in [0.2, 0.25) is 0 Å². The lowest BCUT2D eigenvalue weighted by Crippen LogP contribution is -1.91. The number of isocyanates is 2. The molecule has 0 heterocycles. The molecule has 0 fully saturated rings. The summed E-state index contributed by atoms with van der Waals surface area (Å²) < 4.78 is 0. The van der Waals surface area contributed by atoms with Crippen molar-refractivity contribution in [2.75, 3.05) is 0 Å². The molecule has 0 unspecified atom stereocenters. The zero-order valence-corrected chi connectivity index (χ0v) is 9.59. The van der Waals surface area contributed by atoms with Crippen molar-refractivity contribution in [1.29, 1.82) is 0 Å². The van der Waals surface area contributed by atoms with Gasteiger partial charge in [-0.3, -0.25) is 0 Å². The highest BCUT2D eigenvalue weighted by molar-refractivity contribution is 5.89. The predicted octanol–water partition coefficient (Wildman–Crippen LogP) is 2.51. The molecule has 0 saturated carbocycles. The van der Waals surface area contributed by atoms with Crippen LogP contribution in [0.3, 0.4) is 0 Å². The van der Waals surface area contributed by atoms with Crippen LogP contribution in [0.1, 0.15) is 11.1 Å². The third-order valence-electron chi connectivity index (χ3n) is 2.71. The predicted molar refractivity (Wildman–Crippen MR) is 67.6 cm³/mol. The number of hydrogen-bond donors (Lipinski definition) is 0. The van der Waals surface area contributed by atoms with E-state index in [2.05, 4.69) is 9.98 Å². The van der Waals surface area contributed by atoms with Gasteiger partial charge >= 0.3 is 0 Å². The Balaban J connectivity index is 2.62. The fraction of sp³-hybridized carbons (Fsp3) is 0.143. The lowest BCUT2D eigenvalue weighted by molar-refractivity contribution is 0.562. The Hall–Kier alpha value is -2.54. The summed E-state index contributed by atoms with van der Waals surface area (Å²) in [5.74, 6) is 0. The van der Waals surface area contributed by atoms with E-state index in [1.54, 1.807) is 0 Å². The molecule has 0 radical (unpaired) electrons. The Kier molecular flexibility index (Phi) is 3.77. The molecule has 0 aliphatic rings. The van der Waals surface area contributed by atoms with Crippen LogP contribution in [0.15, 0.2) is 46.4 Å². The average molecular weight is 238 g/mol. The van der Waals surface area contributed by atoms with E-state index >= 15 is 0 Å². The Morgan fingerprint density at radius 3 is 1.78 bits per heavy atom. The van der Waals surface area contributed by atoms with Gasteiger partial charge in [0, 0.05) is 0 Å². The SMILES string of the molecule is O=C=NCc1cccc2cccc(CN=C=O)c12. The van der Waals surface area contributed by atoms with Crippen LogP contribution >= 0.6 is 0 Å². The minimum absolute atomic E-state index is 0.280. The Labute approximate surface area is 104 Å². The van der Waals surface area contributed by atoms with Crippen molar-refractivity contribution in [1.82, 2.24) is 0 Å². The number of fused-ring (bicyclic) bond motifs is 1. The van der Waals surface area contributed by atoms with Crippen LogP contribution in [0.4, 0.5) is 0 Å². The summed E-state index contributed by atoms with van der Waals surface area (Å²) in [7, 11) is 0. The highest BCUT2D eigenvalue weighted by Crippen LogP contribution is 2.24. The van der Waals surface area contributed by atoms with Gasteiger partial charge in [-0.15, -0.1) is 0 Å². The molecule has 0 bridgehead atoms. The standard InChI is InChI=1S/C14H10N2O2/c17-9-15-7-12-5-1-3-11-4-2-6-13(14(11)12)8-16-10-18/h1-6H,7-8H2. The minimum Gasteiger partial charge on any atom is -0.211 e. The van der Waals surface area contributed by atoms with E-state index in [0.29, 0.717) is 0 Å². The maximum absolute atomic E-state index is 10.2. The molecule has 0 aliphatic carbocycles. The molecule has 88 valence electrons. The fourth-order valence-electron chi connectivity index (χ4n) is 2.00. The van der Waals surface area contributed by atoms with Crippen molar-refractivity contribution < 1.29 is 9.59 Å². The van der Waals surface area contributed by atoms with Crippen molar-refractivity contribution in [3.05, 3.63) is 47.5 Å². The van der Waals surface area contributed by atoms with Crippen molar-refractivity contribution in [2.45, 2.75) is 13.1 Å². The molecule has 2 aromatic rings. The lowest BCUT2D eigenvalue weighted by Gasteiger charge is -2.07. The second-order valence-electron chi connectivity index (χ2n) is 3.75. The molecule has 0 atom stereocenters. The summed E-state index contributed by atoms with van der Waals surface area (Å²) in [5.41, 5.74) is 1.85. The van der Waals surface area contributed by atoms with E-state index < -0.39 is 0 Å². The van der Waals surface area contributed by atoms with Gasteiger partial charge < -0.3 is 0 Å². The molecule has 0 spiro atoms. The number of hydrogen-bond acceptors (Lipinski definition) is 4. The molecule has 0 aromatic heterocycles. The van der Waals surface area contributed by atoms with Crippen LogP contribution in [-0.2, 0) is 22.7 Å². The summed E-state index contributed by atoms with van der Waals surface area (Å²) in [6, 6.07) is 11.6. The molecule has 0 saturated heterocycles. The summed E-state index contributed by atoms with van der Waals surface area (Å²) in [6.07, 6.45) is 3.07. The lowest BCUT2D eigenvalue weighted by atomic mass is 9.99. The Morgan fingerprint density at radius 2 is 1.33 bits per heavy atom. The highest BCUT2D eigenvalue weighted by Gasteiger charge is 2.05. The van der Waals surface area contributed by atoms with E-state index in [4.69, 9.17) is 0 Å². The molecule has 4 heteroatoms. The van der Waals surface area contributed by atoms with Crippen LogP contribution in [0.5, 0.6) is 0 Å². The molecule has 0 amide bonds. The smallest absolute Gasteiger partial charge is 0.211 e. The maximum Gasteiger partial charge on any atom is 0.235 e. The van der Waals surface area contributed by atoms with Gasteiger partial charge in [0.15, 0.2) is 0 Å². The molecular formula is C14H10N2O2. The van der Waals surface area contributed by atoms with Crippen LogP contribution in [-0.4, -0.2) is 12.2 Å². The van der Waals surface area contributed by atoms with Crippen molar-refractivity contribution in [3.8, 4) is 0 Å². The van der Waals surface area contributed by atoms with Crippen LogP contribution in [0.25, 0.3) is 10.8 Å². The number of nitrogens with zero attached hydrogens (tertiary/aromatic N) is 2. The van der Waals surface area contributed by atoms with Gasteiger partial charge in [0.05, 0.1) is 13.1 Å². The van der Waals surface area contributed by atoms with Gasteiger partial charge in [0.25, 0.3) is 0 Å². The van der Waals surface area contributed by atoms with Crippen LogP contribution in [0, 0.1) is 0 Å². The van der Waals surface area contributed by atoms with Gasteiger partial charge in [-0.1, -0.05) is 36.4 Å². The van der Waals surface area contributed by atoms with Gasteiger partial charge in [0.1, 0.15) is 0 Å². The highest BCUT2D eigenvalue weighted by atomic mass is 16.1. The molecule has 0 aliphatic heterocycles. The van der Waals surface area contributed by atoms with E-state index in [-0.39, 0.29) is 13.1 Å². The van der Waals surface area contributed by atoms with E-state index in [1.807, 2.05) is 36.4 Å². The quantitative estimate of drug-likeness (QED) is 0.607. The second kappa shape index (κ2) is 5.69. The Morgan fingerprint density at radius 1 is 0.833 bits per heavy atom. The number of benzene rings is 2. The van der Waals surface area contributed by atoms with E-state index in [9.17, 15) is 9.59 Å². The van der Waals surface area contributed by atoms with Gasteiger partial charge in [-0.2, -0.15) is 0 Å². The summed E-state index contributed by atoms with van der Waals surface area (Å²) in [5, 5.41) is 2.02. The molecule has 4 nitrogen and oxygen atoms in total. The van der Waals surface area contributed by atoms with Crippen molar-refractivity contribution >= 4 is 22.9 Å². The zero-order chi connectivity index (χ0) is 12.8. The largest absolute Gasteiger partial charge is 0.235 e. The topological polar surface area (TPSA) is 58.9 Å². The molecule has 2 aromatic carbocycles. The van der Waals surface area contributed by atoms with Gasteiger partial charge in [0.2, 0.25) is 12.2 Å². The van der Waals surface area contributed by atoms with E-state index in [0.717, 1.165) is 21.9 Å². The number of rotatable bonds is 4. The first-order valence-electron chi connectivity index (χ1n) is 5.43. The first-order valence-corrected chi connectivity index (χ1v) is 5.43. The third-order valence-corrected chi connectivity index (χ3v) is 2.71. The number of aliphatic imine (C=N–C) groups is 2. The Bertz CT molecular complexity index is 612. The first kappa shape index (κ1) is 11.9. The van der Waals surface area contributed by atoms with Gasteiger partial charge in [-0.25, -0.2) is 19.6 Å². The van der Waals surface area contributed by atoms with Crippen molar-refractivity contribution in [3.63, 3.8) is 0 Å². The summed E-state index contributed by atoms with van der Waals surface area (Å²) in [4.78, 5) is 27.6. The van der Waals surface area contributed by atoms with Gasteiger partial charge in [-0.05, 0) is 21.9 Å². The zero-order valence-electron chi connectivity index (χ0n) is 9.59. The van der Waals surface area contributed by atoms with Crippen molar-refractivity contribution in [2.24, 2.45) is 9.98 Å². The normalized spacial score (nSPS) is 9.56. The van der Waals surface area contributed by atoms with Crippen LogP contribution < -0.4 is 0 Å². The average Bonchev–Trinajstić information content (AvgIpc) is 2.42. The monoisotopic (exact) mass is 238 g/mol. The third kappa shape index (κ3) is 2.41. The molecular weight excluding hydrogens is 228 g/mol. The maximum atomic E-state index is 10.2. The van der Waals surface area contributed by atoms with E-state index in [1.165, 1.54) is 12.2 Å². The first-order chi connectivity index (χ1) is 8.86. The summed E-state index contributed by atoms with van der Waals surface area (Å²) >= 11 is 0. The summed E-state index contributed by atoms with van der Waals surface area (Å²) in [6.45, 7) is 0.561. The fourth-order valence-corrected chi connectivity index (χ4v) is 2.00. The molecule has 0 N–H and O–H groups in total. The minimum atomic E-state index is 0.280. The molecule has 2 rings (SSSR count). The number of carbonyl (C=O) groups excluding carboxylic acids is 2. The molecule has 18 heavy (non-hydrogen) atoms. The second-order valence-corrected chi connectivity index (χ2v) is 3.75.